The molecule has 1 fully saturated rings. The summed E-state index contributed by atoms with van der Waals surface area (Å²) in [6.45, 7) is 5.98. The minimum absolute atomic E-state index is 0.0632. The summed E-state index contributed by atoms with van der Waals surface area (Å²) in [5.74, 6) is 0.793. The van der Waals surface area contributed by atoms with Gasteiger partial charge >= 0.3 is 0 Å². The molecule has 4 heteroatoms. The van der Waals surface area contributed by atoms with Crippen molar-refractivity contribution in [3.05, 3.63) is 35.8 Å². The second-order valence-electron chi connectivity index (χ2n) is 5.57. The van der Waals surface area contributed by atoms with Gasteiger partial charge in [-0.25, -0.2) is 4.98 Å². The van der Waals surface area contributed by atoms with Gasteiger partial charge in [0.15, 0.2) is 0 Å². The third-order valence-electron chi connectivity index (χ3n) is 3.91. The lowest BCUT2D eigenvalue weighted by Gasteiger charge is -2.29. The molecule has 0 bridgehead atoms. The molecule has 0 aromatic carbocycles. The summed E-state index contributed by atoms with van der Waals surface area (Å²) in [7, 11) is 0. The summed E-state index contributed by atoms with van der Waals surface area (Å²) in [5, 5.41) is 0. The van der Waals surface area contributed by atoms with E-state index in [1.54, 1.807) is 0 Å². The van der Waals surface area contributed by atoms with Crippen molar-refractivity contribution in [2.75, 3.05) is 13.1 Å². The maximum absolute atomic E-state index is 12.4. The number of imidazole rings is 1. The lowest BCUT2D eigenvalue weighted by Crippen LogP contribution is -2.38. The van der Waals surface area contributed by atoms with Crippen LogP contribution in [0.2, 0.25) is 0 Å². The quantitative estimate of drug-likeness (QED) is 0.787. The molecule has 1 aliphatic heterocycles. The fourth-order valence-corrected chi connectivity index (χ4v) is 2.56. The van der Waals surface area contributed by atoms with E-state index < -0.39 is 0 Å². The number of carbonyl (C=O) groups is 1. The van der Waals surface area contributed by atoms with Gasteiger partial charge in [0.05, 0.1) is 0 Å². The number of piperidine rings is 1. The number of amides is 1. The number of carbonyl (C=O) groups excluding carboxylic acids is 1. The van der Waals surface area contributed by atoms with E-state index in [2.05, 4.69) is 11.9 Å². The minimum Gasteiger partial charge on any atom is -0.337 e. The highest BCUT2D eigenvalue weighted by Gasteiger charge is 2.23. The predicted octanol–water partition coefficient (Wildman–Crippen LogP) is 2.51. The van der Waals surface area contributed by atoms with Crippen LogP contribution in [0.25, 0.3) is 5.65 Å². The molecule has 0 saturated carbocycles. The van der Waals surface area contributed by atoms with Crippen molar-refractivity contribution in [1.29, 1.82) is 0 Å². The van der Waals surface area contributed by atoms with Crippen molar-refractivity contribution in [2.45, 2.75) is 26.7 Å². The first-order chi connectivity index (χ1) is 9.13. The van der Waals surface area contributed by atoms with Gasteiger partial charge in [0, 0.05) is 25.5 Å². The maximum Gasteiger partial charge on any atom is 0.274 e. The van der Waals surface area contributed by atoms with Crippen LogP contribution in [-0.2, 0) is 0 Å². The van der Waals surface area contributed by atoms with Crippen LogP contribution in [0.1, 0.15) is 35.8 Å². The summed E-state index contributed by atoms with van der Waals surface area (Å²) < 4.78 is 1.91. The normalized spacial score (nSPS) is 17.1. The van der Waals surface area contributed by atoms with Crippen molar-refractivity contribution in [1.82, 2.24) is 14.3 Å². The van der Waals surface area contributed by atoms with Gasteiger partial charge < -0.3 is 9.30 Å². The number of fused-ring (bicyclic) bond motifs is 1. The van der Waals surface area contributed by atoms with Crippen LogP contribution in [0.5, 0.6) is 0 Å². The van der Waals surface area contributed by atoms with E-state index in [-0.39, 0.29) is 5.91 Å². The van der Waals surface area contributed by atoms with Crippen LogP contribution in [0.3, 0.4) is 0 Å². The van der Waals surface area contributed by atoms with E-state index in [1.165, 1.54) is 0 Å². The summed E-state index contributed by atoms with van der Waals surface area (Å²) in [5.41, 5.74) is 2.55. The van der Waals surface area contributed by atoms with E-state index in [0.717, 1.165) is 43.1 Å². The zero-order valence-electron chi connectivity index (χ0n) is 11.5. The predicted molar refractivity (Wildman–Crippen MR) is 74.2 cm³/mol. The first-order valence-electron chi connectivity index (χ1n) is 6.88. The van der Waals surface area contributed by atoms with Crippen LogP contribution < -0.4 is 0 Å². The molecule has 0 spiro atoms. The van der Waals surface area contributed by atoms with Crippen LogP contribution in [-0.4, -0.2) is 33.3 Å². The topological polar surface area (TPSA) is 37.6 Å². The van der Waals surface area contributed by atoms with Crippen LogP contribution in [0.4, 0.5) is 0 Å². The first-order valence-corrected chi connectivity index (χ1v) is 6.88. The zero-order chi connectivity index (χ0) is 13.4. The Balaban J connectivity index is 1.85. The number of pyridine rings is 1. The second kappa shape index (κ2) is 4.68. The van der Waals surface area contributed by atoms with E-state index in [9.17, 15) is 4.79 Å². The van der Waals surface area contributed by atoms with Crippen LogP contribution >= 0.6 is 0 Å². The Kier molecular flexibility index (Phi) is 3.01. The van der Waals surface area contributed by atoms with Gasteiger partial charge in [-0.2, -0.15) is 0 Å². The fraction of sp³-hybridized carbons (Fsp3) is 0.467. The molecule has 1 amide bonds. The average Bonchev–Trinajstić information content (AvgIpc) is 2.81. The maximum atomic E-state index is 12.4. The highest BCUT2D eigenvalue weighted by Crippen LogP contribution is 2.18. The van der Waals surface area contributed by atoms with Gasteiger partial charge in [-0.15, -0.1) is 0 Å². The van der Waals surface area contributed by atoms with Gasteiger partial charge in [-0.1, -0.05) is 6.92 Å². The number of rotatable bonds is 1. The Labute approximate surface area is 113 Å². The molecular weight excluding hydrogens is 238 g/mol. The van der Waals surface area contributed by atoms with Crippen molar-refractivity contribution >= 4 is 11.6 Å². The summed E-state index contributed by atoms with van der Waals surface area (Å²) >= 11 is 0. The molecular formula is C15H19N3O. The fourth-order valence-electron chi connectivity index (χ4n) is 2.56. The van der Waals surface area contributed by atoms with E-state index in [1.807, 2.05) is 40.8 Å². The monoisotopic (exact) mass is 257 g/mol. The third kappa shape index (κ3) is 2.35. The number of likely N-dealkylation sites (tertiary alicyclic amines) is 1. The molecule has 0 N–H and O–H groups in total. The number of hydrogen-bond donors (Lipinski definition) is 0. The average molecular weight is 257 g/mol. The van der Waals surface area contributed by atoms with E-state index >= 15 is 0 Å². The van der Waals surface area contributed by atoms with Crippen molar-refractivity contribution in [2.24, 2.45) is 5.92 Å². The summed E-state index contributed by atoms with van der Waals surface area (Å²) in [4.78, 5) is 18.8. The van der Waals surface area contributed by atoms with Gasteiger partial charge in [-0.3, -0.25) is 4.79 Å². The minimum atomic E-state index is 0.0632. The lowest BCUT2D eigenvalue weighted by molar-refractivity contribution is 0.0692. The van der Waals surface area contributed by atoms with Crippen molar-refractivity contribution < 1.29 is 4.79 Å². The highest BCUT2D eigenvalue weighted by molar-refractivity contribution is 5.93. The van der Waals surface area contributed by atoms with Gasteiger partial charge in [-0.05, 0) is 43.4 Å². The Morgan fingerprint density at radius 1 is 1.37 bits per heavy atom. The molecule has 19 heavy (non-hydrogen) atoms. The SMILES string of the molecule is Cc1ccn2cc(C(=O)N3CCC(C)CC3)nc2c1. The molecule has 2 aromatic rings. The number of aryl methyl sites for hydroxylation is 1. The molecule has 0 atom stereocenters. The standard InChI is InChI=1S/C15H19N3O/c1-11-3-6-17(7-4-11)15(19)13-10-18-8-5-12(2)9-14(18)16-13/h5,8-11H,3-4,6-7H2,1-2H3. The molecule has 0 unspecified atom stereocenters. The van der Waals surface area contributed by atoms with Gasteiger partial charge in [0.2, 0.25) is 0 Å². The largest absolute Gasteiger partial charge is 0.337 e. The van der Waals surface area contributed by atoms with E-state index in [4.69, 9.17) is 0 Å². The Morgan fingerprint density at radius 2 is 2.11 bits per heavy atom. The third-order valence-corrected chi connectivity index (χ3v) is 3.91. The van der Waals surface area contributed by atoms with Gasteiger partial charge in [0.1, 0.15) is 11.3 Å². The Hall–Kier alpha value is -1.84. The molecule has 2 aromatic heterocycles. The smallest absolute Gasteiger partial charge is 0.274 e. The van der Waals surface area contributed by atoms with Crippen LogP contribution in [0, 0.1) is 12.8 Å². The number of nitrogens with zero attached hydrogens (tertiary/aromatic N) is 3. The van der Waals surface area contributed by atoms with Crippen molar-refractivity contribution in [3.63, 3.8) is 0 Å². The molecule has 4 nitrogen and oxygen atoms in total. The zero-order valence-corrected chi connectivity index (χ0v) is 11.5. The Morgan fingerprint density at radius 3 is 2.84 bits per heavy atom. The lowest BCUT2D eigenvalue weighted by atomic mass is 9.99. The summed E-state index contributed by atoms with van der Waals surface area (Å²) in [6.07, 6.45) is 5.97. The Bertz CT molecular complexity index is 609. The molecule has 0 radical (unpaired) electrons. The van der Waals surface area contributed by atoms with E-state index in [0.29, 0.717) is 5.69 Å². The van der Waals surface area contributed by atoms with Crippen LogP contribution in [0.15, 0.2) is 24.5 Å². The molecule has 3 heterocycles. The molecule has 3 rings (SSSR count). The molecule has 0 aliphatic carbocycles. The highest BCUT2D eigenvalue weighted by atomic mass is 16.2. The molecule has 1 aliphatic rings. The molecule has 1 saturated heterocycles. The van der Waals surface area contributed by atoms with Crippen molar-refractivity contribution in [3.8, 4) is 0 Å². The number of hydrogen-bond acceptors (Lipinski definition) is 2. The second-order valence-corrected chi connectivity index (χ2v) is 5.57. The number of aromatic nitrogens is 2. The summed E-state index contributed by atoms with van der Waals surface area (Å²) in [6, 6.07) is 4.01. The van der Waals surface area contributed by atoms with Gasteiger partial charge in [0.25, 0.3) is 5.91 Å². The first kappa shape index (κ1) is 12.2. The molecule has 100 valence electrons.